The highest BCUT2D eigenvalue weighted by molar-refractivity contribution is 6.67. The second-order valence-electron chi connectivity index (χ2n) is 1.80. The van der Waals surface area contributed by atoms with Crippen molar-refractivity contribution in [1.29, 1.82) is 0 Å². The van der Waals surface area contributed by atoms with Crippen molar-refractivity contribution in [2.45, 2.75) is 3.79 Å². The van der Waals surface area contributed by atoms with Gasteiger partial charge >= 0.3 is 6.09 Å². The zero-order valence-electron chi connectivity index (χ0n) is 6.27. The number of hydrogen-bond acceptors (Lipinski definition) is 3. The molecule has 0 spiro atoms. The molecule has 0 atom stereocenters. The standard InChI is InChI=1S/C5H8Cl3NO3/c1-11-3-9-4(10)12-2-5(6,7)8/h2-3H2,1H3,(H,9,10). The third-order valence-electron chi connectivity index (χ3n) is 0.728. The molecule has 0 heterocycles. The SMILES string of the molecule is COCNC(=O)OCC(Cl)(Cl)Cl. The Bertz CT molecular complexity index is 147. The molecule has 0 aromatic rings. The number of hydrogen-bond donors (Lipinski definition) is 1. The van der Waals surface area contributed by atoms with Crippen molar-refractivity contribution in [2.75, 3.05) is 20.4 Å². The van der Waals surface area contributed by atoms with Gasteiger partial charge in [0, 0.05) is 7.11 Å². The van der Waals surface area contributed by atoms with Crippen LogP contribution in [0.5, 0.6) is 0 Å². The van der Waals surface area contributed by atoms with E-state index in [1.807, 2.05) is 0 Å². The van der Waals surface area contributed by atoms with Crippen molar-refractivity contribution in [1.82, 2.24) is 5.32 Å². The maximum atomic E-state index is 10.7. The van der Waals surface area contributed by atoms with Crippen LogP contribution in [0.4, 0.5) is 4.79 Å². The minimum absolute atomic E-state index is 0.0543. The van der Waals surface area contributed by atoms with Gasteiger partial charge in [0.2, 0.25) is 3.79 Å². The molecule has 0 fully saturated rings. The molecule has 72 valence electrons. The number of halogens is 3. The molecule has 0 aliphatic carbocycles. The second kappa shape index (κ2) is 5.70. The van der Waals surface area contributed by atoms with Crippen molar-refractivity contribution in [2.24, 2.45) is 0 Å². The normalized spacial score (nSPS) is 11.0. The van der Waals surface area contributed by atoms with E-state index in [-0.39, 0.29) is 13.3 Å². The number of methoxy groups -OCH3 is 1. The molecule has 0 radical (unpaired) electrons. The Kier molecular flexibility index (Phi) is 5.74. The van der Waals surface area contributed by atoms with Crippen molar-refractivity contribution < 1.29 is 14.3 Å². The molecule has 1 amide bonds. The fourth-order valence-corrected chi connectivity index (χ4v) is 0.493. The van der Waals surface area contributed by atoms with Gasteiger partial charge in [-0.3, -0.25) is 5.32 Å². The molecule has 0 aliphatic heterocycles. The average Bonchev–Trinajstić information content (AvgIpc) is 1.95. The van der Waals surface area contributed by atoms with Crippen LogP contribution in [0.15, 0.2) is 0 Å². The van der Waals surface area contributed by atoms with Crippen molar-refractivity contribution in [3.63, 3.8) is 0 Å². The number of amides is 1. The summed E-state index contributed by atoms with van der Waals surface area (Å²) in [6, 6.07) is 0. The van der Waals surface area contributed by atoms with Gasteiger partial charge in [-0.25, -0.2) is 4.79 Å². The maximum Gasteiger partial charge on any atom is 0.409 e. The van der Waals surface area contributed by atoms with Gasteiger partial charge in [-0.1, -0.05) is 34.8 Å². The van der Waals surface area contributed by atoms with E-state index in [0.29, 0.717) is 0 Å². The van der Waals surface area contributed by atoms with E-state index in [1.165, 1.54) is 7.11 Å². The Morgan fingerprint density at radius 1 is 1.50 bits per heavy atom. The quantitative estimate of drug-likeness (QED) is 0.599. The molecule has 0 unspecified atom stereocenters. The van der Waals surface area contributed by atoms with Gasteiger partial charge in [-0.2, -0.15) is 0 Å². The van der Waals surface area contributed by atoms with E-state index in [4.69, 9.17) is 34.8 Å². The summed E-state index contributed by atoms with van der Waals surface area (Å²) in [6.07, 6.45) is -0.692. The molecule has 1 N–H and O–H groups in total. The topological polar surface area (TPSA) is 47.6 Å². The van der Waals surface area contributed by atoms with Gasteiger partial charge in [0.25, 0.3) is 0 Å². The minimum Gasteiger partial charge on any atom is -0.445 e. The highest BCUT2D eigenvalue weighted by atomic mass is 35.6. The third-order valence-corrected chi connectivity index (χ3v) is 1.06. The molecule has 0 aromatic carbocycles. The Morgan fingerprint density at radius 2 is 2.08 bits per heavy atom. The lowest BCUT2D eigenvalue weighted by molar-refractivity contribution is 0.121. The van der Waals surface area contributed by atoms with E-state index in [2.05, 4.69) is 14.8 Å². The van der Waals surface area contributed by atoms with Crippen LogP contribution < -0.4 is 5.32 Å². The first-order valence-electron chi connectivity index (χ1n) is 2.92. The van der Waals surface area contributed by atoms with Crippen LogP contribution >= 0.6 is 34.8 Å². The summed E-state index contributed by atoms with van der Waals surface area (Å²) in [7, 11) is 1.43. The van der Waals surface area contributed by atoms with Crippen LogP contribution in [0, 0.1) is 0 Å². The Morgan fingerprint density at radius 3 is 2.50 bits per heavy atom. The molecule has 12 heavy (non-hydrogen) atoms. The monoisotopic (exact) mass is 235 g/mol. The van der Waals surface area contributed by atoms with Gasteiger partial charge in [0.1, 0.15) is 13.3 Å². The van der Waals surface area contributed by atoms with Crippen LogP contribution in [0.25, 0.3) is 0 Å². The molecule has 0 aromatic heterocycles. The van der Waals surface area contributed by atoms with Gasteiger partial charge in [0.15, 0.2) is 0 Å². The molecule has 0 saturated heterocycles. The maximum absolute atomic E-state index is 10.7. The third kappa shape index (κ3) is 8.20. The summed E-state index contributed by atoms with van der Waals surface area (Å²) >= 11 is 15.9. The van der Waals surface area contributed by atoms with Crippen LogP contribution in [-0.4, -0.2) is 30.3 Å². The number of rotatable bonds is 3. The number of alkyl carbamates (subject to hydrolysis) is 1. The van der Waals surface area contributed by atoms with Crippen LogP contribution in [-0.2, 0) is 9.47 Å². The lowest BCUT2D eigenvalue weighted by atomic mass is 10.8. The highest BCUT2D eigenvalue weighted by Gasteiger charge is 2.21. The molecule has 0 bridgehead atoms. The molecule has 0 rings (SSSR count). The van der Waals surface area contributed by atoms with Gasteiger partial charge in [-0.05, 0) is 0 Å². The predicted molar refractivity (Wildman–Crippen MR) is 46.6 cm³/mol. The summed E-state index contributed by atoms with van der Waals surface area (Å²) in [4.78, 5) is 10.7. The first-order valence-corrected chi connectivity index (χ1v) is 4.05. The number of alkyl halides is 3. The Hall–Kier alpha value is 0.1000. The smallest absolute Gasteiger partial charge is 0.409 e. The van der Waals surface area contributed by atoms with E-state index in [1.54, 1.807) is 0 Å². The zero-order valence-corrected chi connectivity index (χ0v) is 8.54. The molecule has 0 aliphatic rings. The highest BCUT2D eigenvalue weighted by Crippen LogP contribution is 2.25. The average molecular weight is 236 g/mol. The van der Waals surface area contributed by atoms with Crippen molar-refractivity contribution >= 4 is 40.9 Å². The van der Waals surface area contributed by atoms with E-state index in [0.717, 1.165) is 0 Å². The molecular formula is C5H8Cl3NO3. The summed E-state index contributed by atoms with van der Waals surface area (Å²) in [6.45, 7) is -0.244. The lowest BCUT2D eigenvalue weighted by Gasteiger charge is -2.11. The minimum atomic E-state index is -1.58. The Labute approximate surface area is 85.0 Å². The summed E-state index contributed by atoms with van der Waals surface area (Å²) in [5.74, 6) is 0. The molecule has 0 saturated carbocycles. The second-order valence-corrected chi connectivity index (χ2v) is 4.32. The summed E-state index contributed by atoms with van der Waals surface area (Å²) < 4.78 is 7.44. The fraction of sp³-hybridized carbons (Fsp3) is 0.800. The molecule has 4 nitrogen and oxygen atoms in total. The van der Waals surface area contributed by atoms with E-state index < -0.39 is 9.89 Å². The zero-order chi connectivity index (χ0) is 9.61. The first-order chi connectivity index (χ1) is 5.45. The molecule has 7 heteroatoms. The predicted octanol–water partition coefficient (Wildman–Crippen LogP) is 1.69. The van der Waals surface area contributed by atoms with Crippen LogP contribution in [0.3, 0.4) is 0 Å². The summed E-state index contributed by atoms with van der Waals surface area (Å²) in [5, 5.41) is 2.25. The largest absolute Gasteiger partial charge is 0.445 e. The number of ether oxygens (including phenoxy) is 2. The Balaban J connectivity index is 3.44. The van der Waals surface area contributed by atoms with Crippen molar-refractivity contribution in [3.05, 3.63) is 0 Å². The summed E-state index contributed by atoms with van der Waals surface area (Å²) in [5.41, 5.74) is 0. The van der Waals surface area contributed by atoms with E-state index in [9.17, 15) is 4.79 Å². The van der Waals surface area contributed by atoms with Gasteiger partial charge in [-0.15, -0.1) is 0 Å². The fourth-order valence-electron chi connectivity index (χ4n) is 0.330. The van der Waals surface area contributed by atoms with Crippen molar-refractivity contribution in [3.8, 4) is 0 Å². The number of carbonyl (C=O) groups excluding carboxylic acids is 1. The van der Waals surface area contributed by atoms with E-state index >= 15 is 0 Å². The molecular weight excluding hydrogens is 228 g/mol. The van der Waals surface area contributed by atoms with Crippen LogP contribution in [0.1, 0.15) is 0 Å². The number of nitrogens with one attached hydrogen (secondary N) is 1. The lowest BCUT2D eigenvalue weighted by Crippen LogP contribution is -2.29. The van der Waals surface area contributed by atoms with Gasteiger partial charge < -0.3 is 9.47 Å². The van der Waals surface area contributed by atoms with Gasteiger partial charge in [0.05, 0.1) is 0 Å². The first kappa shape index (κ1) is 12.1. The number of carbonyl (C=O) groups is 1. The van der Waals surface area contributed by atoms with Crippen LogP contribution in [0.2, 0.25) is 0 Å².